The molecule has 4 N–H and O–H groups in total. The van der Waals surface area contributed by atoms with Crippen LogP contribution in [0.3, 0.4) is 0 Å². The standard InChI is InChI=1S/C6H12O6S.C5H12O6S/c1-13(8,9)12-3-6-5(2-7)10-4-11-6;1-12(9,10)11-3-5(8)4(7)2-6/h5-7H,2-4H2,1H3;4-8H,2-3H2,1H3/t5-,6-;4-,5-/m00/s1. The van der Waals surface area contributed by atoms with E-state index in [1.54, 1.807) is 0 Å². The third kappa shape index (κ3) is 12.6. The van der Waals surface area contributed by atoms with E-state index in [0.29, 0.717) is 0 Å². The van der Waals surface area contributed by atoms with Crippen LogP contribution in [-0.4, -0.2) is 107 Å². The van der Waals surface area contributed by atoms with E-state index in [4.69, 9.17) is 29.9 Å². The summed E-state index contributed by atoms with van der Waals surface area (Å²) in [6.07, 6.45) is -2.01. The predicted octanol–water partition coefficient (Wildman–Crippen LogP) is -3.63. The van der Waals surface area contributed by atoms with E-state index in [1.165, 1.54) is 0 Å². The van der Waals surface area contributed by atoms with E-state index in [9.17, 15) is 16.8 Å². The SMILES string of the molecule is CS(=O)(=O)OC[C@@H]1OCO[C@H]1CO.CS(=O)(=O)OC[C@H](O)[C@@H](O)CO. The van der Waals surface area contributed by atoms with E-state index >= 15 is 0 Å². The first-order valence-electron chi connectivity index (χ1n) is 6.89. The van der Waals surface area contributed by atoms with E-state index < -0.39 is 57.9 Å². The summed E-state index contributed by atoms with van der Waals surface area (Å²) >= 11 is 0. The molecular formula is C11H24O12S2. The monoisotopic (exact) mass is 412 g/mol. The van der Waals surface area contributed by atoms with Crippen molar-refractivity contribution < 1.29 is 55.1 Å². The van der Waals surface area contributed by atoms with Gasteiger partial charge >= 0.3 is 0 Å². The molecule has 1 saturated heterocycles. The van der Waals surface area contributed by atoms with Gasteiger partial charge in [0.15, 0.2) is 0 Å². The Kier molecular flexibility index (Phi) is 11.1. The van der Waals surface area contributed by atoms with Gasteiger partial charge < -0.3 is 29.9 Å². The van der Waals surface area contributed by atoms with Crippen molar-refractivity contribution in [2.24, 2.45) is 0 Å². The van der Waals surface area contributed by atoms with E-state index in [2.05, 4.69) is 8.37 Å². The fourth-order valence-corrected chi connectivity index (χ4v) is 2.14. The number of hydrogen-bond acceptors (Lipinski definition) is 12. The molecule has 1 heterocycles. The zero-order valence-electron chi connectivity index (χ0n) is 13.7. The van der Waals surface area contributed by atoms with Crippen LogP contribution in [0.1, 0.15) is 0 Å². The molecule has 25 heavy (non-hydrogen) atoms. The van der Waals surface area contributed by atoms with Crippen molar-refractivity contribution in [1.29, 1.82) is 0 Å². The molecule has 0 bridgehead atoms. The van der Waals surface area contributed by atoms with Gasteiger partial charge in [-0.15, -0.1) is 0 Å². The van der Waals surface area contributed by atoms with Gasteiger partial charge in [0.1, 0.15) is 31.2 Å². The quantitative estimate of drug-likeness (QED) is 0.273. The molecule has 14 heteroatoms. The molecule has 1 aliphatic rings. The van der Waals surface area contributed by atoms with Gasteiger partial charge in [0.25, 0.3) is 20.2 Å². The summed E-state index contributed by atoms with van der Waals surface area (Å²) in [5.74, 6) is 0. The molecule has 1 fully saturated rings. The lowest BCUT2D eigenvalue weighted by Crippen LogP contribution is -2.33. The third-order valence-corrected chi connectivity index (χ3v) is 3.82. The molecule has 0 aromatic carbocycles. The molecule has 0 saturated carbocycles. The Morgan fingerprint density at radius 3 is 1.92 bits per heavy atom. The lowest BCUT2D eigenvalue weighted by atomic mass is 10.2. The van der Waals surface area contributed by atoms with Crippen molar-refractivity contribution in [3.8, 4) is 0 Å². The lowest BCUT2D eigenvalue weighted by molar-refractivity contribution is -0.0327. The summed E-state index contributed by atoms with van der Waals surface area (Å²) in [5.41, 5.74) is 0. The number of rotatable bonds is 9. The predicted molar refractivity (Wildman–Crippen MR) is 82.4 cm³/mol. The first-order valence-corrected chi connectivity index (χ1v) is 10.5. The first-order chi connectivity index (χ1) is 11.4. The second-order valence-corrected chi connectivity index (χ2v) is 8.29. The zero-order valence-corrected chi connectivity index (χ0v) is 15.3. The third-order valence-electron chi connectivity index (χ3n) is 2.69. The molecule has 1 rings (SSSR count). The van der Waals surface area contributed by atoms with Crippen LogP contribution in [0.15, 0.2) is 0 Å². The Balaban J connectivity index is 0.000000463. The molecule has 12 nitrogen and oxygen atoms in total. The van der Waals surface area contributed by atoms with E-state index in [1.807, 2.05) is 0 Å². The van der Waals surface area contributed by atoms with Gasteiger partial charge in [-0.3, -0.25) is 8.37 Å². The minimum atomic E-state index is -3.61. The smallest absolute Gasteiger partial charge is 0.264 e. The van der Waals surface area contributed by atoms with Gasteiger partial charge in [0.2, 0.25) is 0 Å². The molecule has 1 aliphatic heterocycles. The van der Waals surface area contributed by atoms with Gasteiger partial charge in [-0.1, -0.05) is 0 Å². The van der Waals surface area contributed by atoms with Gasteiger partial charge in [0, 0.05) is 0 Å². The minimum Gasteiger partial charge on any atom is -0.394 e. The van der Waals surface area contributed by atoms with Crippen LogP contribution >= 0.6 is 0 Å². The van der Waals surface area contributed by atoms with Gasteiger partial charge in [0.05, 0.1) is 38.9 Å². The number of aliphatic hydroxyl groups is 4. The highest BCUT2D eigenvalue weighted by atomic mass is 32.2. The molecule has 0 radical (unpaired) electrons. The summed E-state index contributed by atoms with van der Waals surface area (Å²) in [7, 11) is -7.07. The minimum absolute atomic E-state index is 0.0585. The van der Waals surface area contributed by atoms with Crippen LogP contribution in [0.4, 0.5) is 0 Å². The second kappa shape index (κ2) is 11.3. The Bertz CT molecular complexity index is 560. The summed E-state index contributed by atoms with van der Waals surface area (Å²) in [6, 6.07) is 0. The molecule has 0 aromatic rings. The van der Waals surface area contributed by atoms with Gasteiger partial charge in [-0.25, -0.2) is 0 Å². The average Bonchev–Trinajstić information content (AvgIpc) is 2.96. The summed E-state index contributed by atoms with van der Waals surface area (Å²) in [4.78, 5) is 0. The van der Waals surface area contributed by atoms with Crippen molar-refractivity contribution in [1.82, 2.24) is 0 Å². The second-order valence-electron chi connectivity index (χ2n) is 5.01. The fourth-order valence-electron chi connectivity index (χ4n) is 1.37. The fraction of sp³-hybridized carbons (Fsp3) is 1.00. The molecule has 152 valence electrons. The maximum atomic E-state index is 10.6. The van der Waals surface area contributed by atoms with Crippen LogP contribution in [0.5, 0.6) is 0 Å². The van der Waals surface area contributed by atoms with Crippen LogP contribution in [-0.2, 0) is 38.1 Å². The highest BCUT2D eigenvalue weighted by Gasteiger charge is 2.29. The number of aliphatic hydroxyl groups excluding tert-OH is 4. The van der Waals surface area contributed by atoms with Crippen molar-refractivity contribution >= 4 is 20.2 Å². The highest BCUT2D eigenvalue weighted by molar-refractivity contribution is 7.86. The van der Waals surface area contributed by atoms with Crippen molar-refractivity contribution in [2.75, 3.05) is 45.7 Å². The van der Waals surface area contributed by atoms with Crippen molar-refractivity contribution in [2.45, 2.75) is 24.4 Å². The molecule has 0 unspecified atom stereocenters. The largest absolute Gasteiger partial charge is 0.394 e. The number of hydrogen-bond donors (Lipinski definition) is 4. The Labute approximate surface area is 146 Å². The Morgan fingerprint density at radius 2 is 1.48 bits per heavy atom. The van der Waals surface area contributed by atoms with E-state index in [0.717, 1.165) is 12.5 Å². The lowest BCUT2D eigenvalue weighted by Gasteiger charge is -2.14. The van der Waals surface area contributed by atoms with Crippen LogP contribution < -0.4 is 0 Å². The highest BCUT2D eigenvalue weighted by Crippen LogP contribution is 2.13. The van der Waals surface area contributed by atoms with Crippen molar-refractivity contribution in [3.63, 3.8) is 0 Å². The van der Waals surface area contributed by atoms with Gasteiger partial charge in [-0.05, 0) is 0 Å². The van der Waals surface area contributed by atoms with E-state index in [-0.39, 0.29) is 20.0 Å². The molecule has 0 amide bonds. The summed E-state index contributed by atoms with van der Waals surface area (Å²) in [6.45, 7) is -1.47. The molecule has 0 aromatic heterocycles. The maximum Gasteiger partial charge on any atom is 0.264 e. The Morgan fingerprint density at radius 1 is 0.960 bits per heavy atom. The summed E-state index contributed by atoms with van der Waals surface area (Å²) in [5, 5.41) is 34.7. The Hall–Kier alpha value is -0.420. The average molecular weight is 412 g/mol. The summed E-state index contributed by atoms with van der Waals surface area (Å²) < 4.78 is 60.5. The normalized spacial score (nSPS) is 23.6. The molecule has 0 spiro atoms. The van der Waals surface area contributed by atoms with Gasteiger partial charge in [-0.2, -0.15) is 16.8 Å². The van der Waals surface area contributed by atoms with Crippen LogP contribution in [0, 0.1) is 0 Å². The zero-order chi connectivity index (χ0) is 19.7. The van der Waals surface area contributed by atoms with Crippen LogP contribution in [0.25, 0.3) is 0 Å². The topological polar surface area (TPSA) is 186 Å². The maximum absolute atomic E-state index is 10.6. The van der Waals surface area contributed by atoms with Crippen molar-refractivity contribution in [3.05, 3.63) is 0 Å². The first kappa shape index (κ1) is 24.6. The number of ether oxygens (including phenoxy) is 2. The molecular weight excluding hydrogens is 388 g/mol. The van der Waals surface area contributed by atoms with Crippen LogP contribution in [0.2, 0.25) is 0 Å². The molecule has 4 atom stereocenters. The molecule has 0 aliphatic carbocycles.